The molecule has 0 saturated carbocycles. The van der Waals surface area contributed by atoms with E-state index in [1.54, 1.807) is 0 Å². The van der Waals surface area contributed by atoms with E-state index in [1.165, 1.54) is 10.5 Å². The quantitative estimate of drug-likeness (QED) is 0.811. The summed E-state index contributed by atoms with van der Waals surface area (Å²) >= 11 is 0. The summed E-state index contributed by atoms with van der Waals surface area (Å²) in [6, 6.07) is 10.1. The molecule has 1 aliphatic rings. The highest BCUT2D eigenvalue weighted by Crippen LogP contribution is 2.22. The first-order valence-corrected chi connectivity index (χ1v) is 6.27. The number of halogens is 2. The summed E-state index contributed by atoms with van der Waals surface area (Å²) < 4.78 is 24.5. The van der Waals surface area contributed by atoms with Gasteiger partial charge in [0.1, 0.15) is 0 Å². The van der Waals surface area contributed by atoms with Crippen molar-refractivity contribution < 1.29 is 13.6 Å². The van der Waals surface area contributed by atoms with Gasteiger partial charge in [0.15, 0.2) is 0 Å². The lowest BCUT2D eigenvalue weighted by atomic mass is 9.90. The molecule has 1 fully saturated rings. The summed E-state index contributed by atoms with van der Waals surface area (Å²) in [4.78, 5) is 12.4. The molecule has 0 bridgehead atoms. The lowest BCUT2D eigenvalue weighted by Gasteiger charge is -2.31. The monoisotopic (exact) mass is 253 g/mol. The molecule has 1 aliphatic heterocycles. The number of piperidine rings is 1. The van der Waals surface area contributed by atoms with Gasteiger partial charge in [0.2, 0.25) is 0 Å². The van der Waals surface area contributed by atoms with Crippen LogP contribution in [0.2, 0.25) is 0 Å². The fourth-order valence-electron chi connectivity index (χ4n) is 2.44. The number of benzene rings is 1. The second-order valence-corrected chi connectivity index (χ2v) is 4.76. The SMILES string of the molecule is O=C(C(F)F)N1CCC(Cc2ccccc2)CC1. The molecule has 0 atom stereocenters. The fourth-order valence-corrected chi connectivity index (χ4v) is 2.44. The number of likely N-dealkylation sites (tertiary alicyclic amines) is 1. The summed E-state index contributed by atoms with van der Waals surface area (Å²) in [5.41, 5.74) is 1.27. The van der Waals surface area contributed by atoms with Gasteiger partial charge in [0.25, 0.3) is 5.91 Å². The van der Waals surface area contributed by atoms with Crippen LogP contribution in [0.5, 0.6) is 0 Å². The summed E-state index contributed by atoms with van der Waals surface area (Å²) in [7, 11) is 0. The highest BCUT2D eigenvalue weighted by atomic mass is 19.3. The van der Waals surface area contributed by atoms with Crippen LogP contribution in [0.4, 0.5) is 8.78 Å². The van der Waals surface area contributed by atoms with Crippen LogP contribution in [-0.4, -0.2) is 30.3 Å². The maximum atomic E-state index is 12.3. The minimum Gasteiger partial charge on any atom is -0.338 e. The van der Waals surface area contributed by atoms with Gasteiger partial charge in [0, 0.05) is 13.1 Å². The largest absolute Gasteiger partial charge is 0.338 e. The molecule has 1 amide bonds. The van der Waals surface area contributed by atoms with Gasteiger partial charge in [-0.2, -0.15) is 8.78 Å². The molecule has 4 heteroatoms. The minimum atomic E-state index is -2.87. The van der Waals surface area contributed by atoms with E-state index < -0.39 is 12.3 Å². The highest BCUT2D eigenvalue weighted by molar-refractivity contribution is 5.79. The Bertz CT molecular complexity index is 386. The number of alkyl halides is 2. The second-order valence-electron chi connectivity index (χ2n) is 4.76. The van der Waals surface area contributed by atoms with Gasteiger partial charge in [0.05, 0.1) is 0 Å². The van der Waals surface area contributed by atoms with Crippen molar-refractivity contribution in [3.8, 4) is 0 Å². The number of hydrogen-bond donors (Lipinski definition) is 0. The molecular weight excluding hydrogens is 236 g/mol. The molecule has 1 aromatic rings. The molecule has 0 aliphatic carbocycles. The average molecular weight is 253 g/mol. The first-order chi connectivity index (χ1) is 8.66. The first-order valence-electron chi connectivity index (χ1n) is 6.27. The van der Waals surface area contributed by atoms with E-state index in [2.05, 4.69) is 12.1 Å². The van der Waals surface area contributed by atoms with Gasteiger partial charge in [-0.15, -0.1) is 0 Å². The Kier molecular flexibility index (Phi) is 4.28. The van der Waals surface area contributed by atoms with Crippen molar-refractivity contribution in [2.45, 2.75) is 25.7 Å². The van der Waals surface area contributed by atoms with Gasteiger partial charge in [-0.1, -0.05) is 30.3 Å². The van der Waals surface area contributed by atoms with Crippen LogP contribution in [0.25, 0.3) is 0 Å². The summed E-state index contributed by atoms with van der Waals surface area (Å²) in [6.07, 6.45) is -0.270. The smallest absolute Gasteiger partial charge is 0.315 e. The van der Waals surface area contributed by atoms with Crippen molar-refractivity contribution in [3.63, 3.8) is 0 Å². The van der Waals surface area contributed by atoms with Crippen LogP contribution in [0.15, 0.2) is 30.3 Å². The Labute approximate surface area is 106 Å². The van der Waals surface area contributed by atoms with E-state index in [0.29, 0.717) is 19.0 Å². The molecule has 0 spiro atoms. The van der Waals surface area contributed by atoms with E-state index >= 15 is 0 Å². The Morgan fingerprint density at radius 1 is 1.22 bits per heavy atom. The number of nitrogens with zero attached hydrogens (tertiary/aromatic N) is 1. The van der Waals surface area contributed by atoms with E-state index in [-0.39, 0.29) is 0 Å². The van der Waals surface area contributed by atoms with Crippen molar-refractivity contribution >= 4 is 5.91 Å². The number of hydrogen-bond acceptors (Lipinski definition) is 1. The third-order valence-electron chi connectivity index (χ3n) is 3.48. The number of rotatable bonds is 3. The zero-order chi connectivity index (χ0) is 13.0. The van der Waals surface area contributed by atoms with Gasteiger partial charge in [-0.3, -0.25) is 4.79 Å². The average Bonchev–Trinajstić information content (AvgIpc) is 2.40. The molecule has 0 N–H and O–H groups in total. The van der Waals surface area contributed by atoms with E-state index in [1.807, 2.05) is 18.2 Å². The molecule has 98 valence electrons. The fraction of sp³-hybridized carbons (Fsp3) is 0.500. The molecule has 1 heterocycles. The molecule has 0 unspecified atom stereocenters. The Balaban J connectivity index is 1.82. The Morgan fingerprint density at radius 3 is 2.39 bits per heavy atom. The molecule has 2 rings (SSSR count). The zero-order valence-corrected chi connectivity index (χ0v) is 10.2. The van der Waals surface area contributed by atoms with Crippen molar-refractivity contribution in [1.29, 1.82) is 0 Å². The van der Waals surface area contributed by atoms with E-state index in [4.69, 9.17) is 0 Å². The molecule has 1 aromatic carbocycles. The molecule has 0 radical (unpaired) electrons. The van der Waals surface area contributed by atoms with Crippen molar-refractivity contribution in [1.82, 2.24) is 4.90 Å². The number of carbonyl (C=O) groups excluding carboxylic acids is 1. The minimum absolute atomic E-state index is 0.459. The van der Waals surface area contributed by atoms with Crippen molar-refractivity contribution in [2.24, 2.45) is 5.92 Å². The third kappa shape index (κ3) is 3.28. The molecule has 1 saturated heterocycles. The third-order valence-corrected chi connectivity index (χ3v) is 3.48. The second kappa shape index (κ2) is 5.94. The van der Waals surface area contributed by atoms with Crippen LogP contribution in [0, 0.1) is 5.92 Å². The Hall–Kier alpha value is -1.45. The summed E-state index contributed by atoms with van der Waals surface area (Å²) in [5.74, 6) is -0.526. The predicted molar refractivity (Wildman–Crippen MR) is 65.5 cm³/mol. The lowest BCUT2D eigenvalue weighted by molar-refractivity contribution is -0.144. The molecule has 0 aromatic heterocycles. The highest BCUT2D eigenvalue weighted by Gasteiger charge is 2.27. The first kappa shape index (κ1) is 13.0. The van der Waals surface area contributed by atoms with Crippen LogP contribution >= 0.6 is 0 Å². The number of amides is 1. The van der Waals surface area contributed by atoms with Crippen LogP contribution in [0.3, 0.4) is 0 Å². The van der Waals surface area contributed by atoms with Gasteiger partial charge in [-0.05, 0) is 30.7 Å². The molecule has 18 heavy (non-hydrogen) atoms. The van der Waals surface area contributed by atoms with E-state index in [0.717, 1.165) is 19.3 Å². The standard InChI is InChI=1S/C14H17F2NO/c15-13(16)14(18)17-8-6-12(7-9-17)10-11-4-2-1-3-5-11/h1-5,12-13H,6-10H2. The normalized spacial score (nSPS) is 17.2. The maximum Gasteiger partial charge on any atom is 0.315 e. The van der Waals surface area contributed by atoms with Gasteiger partial charge >= 0.3 is 6.43 Å². The Morgan fingerprint density at radius 2 is 1.83 bits per heavy atom. The van der Waals surface area contributed by atoms with Crippen LogP contribution in [-0.2, 0) is 11.2 Å². The predicted octanol–water partition coefficient (Wildman–Crippen LogP) is 2.73. The van der Waals surface area contributed by atoms with Crippen molar-refractivity contribution in [2.75, 3.05) is 13.1 Å². The zero-order valence-electron chi connectivity index (χ0n) is 10.2. The van der Waals surface area contributed by atoms with Crippen LogP contribution < -0.4 is 0 Å². The maximum absolute atomic E-state index is 12.3. The van der Waals surface area contributed by atoms with Crippen LogP contribution in [0.1, 0.15) is 18.4 Å². The van der Waals surface area contributed by atoms with E-state index in [9.17, 15) is 13.6 Å². The topological polar surface area (TPSA) is 20.3 Å². The lowest BCUT2D eigenvalue weighted by Crippen LogP contribution is -2.41. The summed E-state index contributed by atoms with van der Waals surface area (Å²) in [5, 5.41) is 0. The van der Waals surface area contributed by atoms with Crippen molar-refractivity contribution in [3.05, 3.63) is 35.9 Å². The summed E-state index contributed by atoms with van der Waals surface area (Å²) in [6.45, 7) is 0.918. The van der Waals surface area contributed by atoms with Gasteiger partial charge < -0.3 is 4.90 Å². The molecule has 2 nitrogen and oxygen atoms in total. The van der Waals surface area contributed by atoms with Gasteiger partial charge in [-0.25, -0.2) is 0 Å². The number of carbonyl (C=O) groups is 1. The molecular formula is C14H17F2NO.